The molecule has 1 N–H and O–H groups in total. The van der Waals surface area contributed by atoms with Crippen LogP contribution in [0, 0.1) is 11.3 Å². The SMILES string of the molecule is C[C@]12CC=C3C=C4CCC5(C[C@]46CC[C@]3(O6)[C@@H]1CCC2(O)Cc1ccc2ccnc(Cl)c2c1)OCCO5. The van der Waals surface area contributed by atoms with Crippen LogP contribution in [0.4, 0.5) is 0 Å². The van der Waals surface area contributed by atoms with Crippen molar-refractivity contribution in [1.82, 2.24) is 4.98 Å². The van der Waals surface area contributed by atoms with Gasteiger partial charge in [0.1, 0.15) is 5.15 Å². The molecule has 3 aliphatic heterocycles. The minimum atomic E-state index is -0.814. The first-order chi connectivity index (χ1) is 17.8. The molecule has 6 heteroatoms. The summed E-state index contributed by atoms with van der Waals surface area (Å²) in [6.45, 7) is 3.66. The average molecular weight is 520 g/mol. The Labute approximate surface area is 222 Å². The van der Waals surface area contributed by atoms with E-state index in [4.69, 9.17) is 25.8 Å². The highest BCUT2D eigenvalue weighted by Gasteiger charge is 2.70. The lowest BCUT2D eigenvalue weighted by atomic mass is 9.56. The Morgan fingerprint density at radius 3 is 2.84 bits per heavy atom. The molecule has 2 saturated carbocycles. The number of hydrogen-bond acceptors (Lipinski definition) is 5. The van der Waals surface area contributed by atoms with Crippen molar-refractivity contribution in [3.8, 4) is 0 Å². The van der Waals surface area contributed by atoms with E-state index >= 15 is 0 Å². The Morgan fingerprint density at radius 1 is 1.11 bits per heavy atom. The molecule has 2 saturated heterocycles. The van der Waals surface area contributed by atoms with Gasteiger partial charge in [0, 0.05) is 42.2 Å². The van der Waals surface area contributed by atoms with Crippen LogP contribution in [0.5, 0.6) is 0 Å². The van der Waals surface area contributed by atoms with E-state index in [1.54, 1.807) is 6.20 Å². The standard InChI is InChI=1S/C31H34ClNO4/c1-27-8-4-23-17-22-5-10-30(35-14-15-36-30)19-28(22)11-12-31(23,37-28)25(27)6-9-29(27,34)18-20-2-3-21-7-13-33-26(32)24(21)16-20/h2-4,7,13,16-17,25,34H,5-6,8-12,14-15,18-19H2,1H3/t25-,27+,28-,29?,31-/m1/s1. The second-order valence-electron chi connectivity index (χ2n) is 12.7. The monoisotopic (exact) mass is 519 g/mol. The molecule has 5 atom stereocenters. The first-order valence-electron chi connectivity index (χ1n) is 13.9. The summed E-state index contributed by atoms with van der Waals surface area (Å²) in [5.74, 6) is -0.207. The lowest BCUT2D eigenvalue weighted by molar-refractivity contribution is -0.229. The van der Waals surface area contributed by atoms with E-state index in [0.29, 0.717) is 24.8 Å². The number of halogens is 1. The summed E-state index contributed by atoms with van der Waals surface area (Å²) in [5, 5.41) is 14.9. The van der Waals surface area contributed by atoms with Crippen LogP contribution >= 0.6 is 11.6 Å². The predicted octanol–water partition coefficient (Wildman–Crippen LogP) is 6.06. The third-order valence-corrected chi connectivity index (χ3v) is 11.4. The molecule has 0 amide bonds. The molecule has 1 unspecified atom stereocenters. The summed E-state index contributed by atoms with van der Waals surface area (Å²) in [5.41, 5.74) is 2.19. The summed E-state index contributed by atoms with van der Waals surface area (Å²) >= 11 is 6.42. The zero-order chi connectivity index (χ0) is 25.1. The minimum Gasteiger partial charge on any atom is -0.389 e. The van der Waals surface area contributed by atoms with Crippen molar-refractivity contribution in [1.29, 1.82) is 0 Å². The van der Waals surface area contributed by atoms with Crippen molar-refractivity contribution in [2.75, 3.05) is 13.2 Å². The highest BCUT2D eigenvalue weighted by Crippen LogP contribution is 2.69. The van der Waals surface area contributed by atoms with Gasteiger partial charge in [-0.05, 0) is 72.8 Å². The van der Waals surface area contributed by atoms with Crippen molar-refractivity contribution in [2.45, 2.75) is 87.3 Å². The van der Waals surface area contributed by atoms with Crippen molar-refractivity contribution < 1.29 is 19.3 Å². The van der Waals surface area contributed by atoms with Crippen LogP contribution in [0.25, 0.3) is 10.8 Å². The van der Waals surface area contributed by atoms with Gasteiger partial charge in [-0.3, -0.25) is 0 Å². The lowest BCUT2D eigenvalue weighted by Crippen LogP contribution is -2.59. The largest absolute Gasteiger partial charge is 0.389 e. The number of benzene rings is 1. The number of aromatic nitrogens is 1. The van der Waals surface area contributed by atoms with Gasteiger partial charge in [-0.2, -0.15) is 0 Å². The highest BCUT2D eigenvalue weighted by molar-refractivity contribution is 6.34. The molecular weight excluding hydrogens is 486 g/mol. The molecule has 2 aromatic rings. The molecule has 0 radical (unpaired) electrons. The van der Waals surface area contributed by atoms with E-state index in [2.05, 4.69) is 42.3 Å². The number of fused-ring (bicyclic) bond motifs is 2. The fourth-order valence-electron chi connectivity index (χ4n) is 9.15. The van der Waals surface area contributed by atoms with E-state index < -0.39 is 11.4 Å². The van der Waals surface area contributed by atoms with Gasteiger partial charge in [-0.1, -0.05) is 42.8 Å². The molecule has 4 heterocycles. The fraction of sp³-hybridized carbons (Fsp3) is 0.581. The average Bonchev–Trinajstić information content (AvgIpc) is 3.53. The molecule has 1 aromatic heterocycles. The van der Waals surface area contributed by atoms with Crippen molar-refractivity contribution >= 4 is 22.4 Å². The number of nitrogens with zero attached hydrogens (tertiary/aromatic N) is 1. The highest BCUT2D eigenvalue weighted by atomic mass is 35.5. The fourth-order valence-corrected chi connectivity index (χ4v) is 9.37. The molecule has 194 valence electrons. The van der Waals surface area contributed by atoms with Gasteiger partial charge in [0.05, 0.1) is 30.0 Å². The zero-order valence-electron chi connectivity index (χ0n) is 21.4. The van der Waals surface area contributed by atoms with Crippen LogP contribution in [0.3, 0.4) is 0 Å². The van der Waals surface area contributed by atoms with E-state index in [-0.39, 0.29) is 22.5 Å². The first-order valence-corrected chi connectivity index (χ1v) is 14.3. The molecule has 37 heavy (non-hydrogen) atoms. The van der Waals surface area contributed by atoms with Crippen LogP contribution in [-0.4, -0.2) is 45.9 Å². The quantitative estimate of drug-likeness (QED) is 0.488. The Bertz CT molecular complexity index is 1380. The zero-order valence-corrected chi connectivity index (χ0v) is 22.2. The molecule has 1 aromatic carbocycles. The van der Waals surface area contributed by atoms with E-state index in [1.807, 2.05) is 6.07 Å². The summed E-state index contributed by atoms with van der Waals surface area (Å²) in [7, 11) is 0. The second kappa shape index (κ2) is 7.45. The number of pyridine rings is 1. The van der Waals surface area contributed by atoms with Gasteiger partial charge in [0.2, 0.25) is 0 Å². The third-order valence-electron chi connectivity index (χ3n) is 11.1. The number of rotatable bonds is 2. The maximum atomic E-state index is 12.4. The van der Waals surface area contributed by atoms with Crippen molar-refractivity contribution in [3.05, 3.63) is 64.5 Å². The number of ether oxygens (including phenoxy) is 3. The van der Waals surface area contributed by atoms with Crippen molar-refractivity contribution in [3.63, 3.8) is 0 Å². The van der Waals surface area contributed by atoms with Crippen LogP contribution in [0.15, 0.2) is 53.8 Å². The summed E-state index contributed by atoms with van der Waals surface area (Å²) in [6, 6.07) is 8.32. The Hall–Kier alpha value is -1.76. The van der Waals surface area contributed by atoms with E-state index in [0.717, 1.165) is 67.7 Å². The molecular formula is C31H34ClNO4. The number of allylic oxidation sites excluding steroid dienone is 1. The van der Waals surface area contributed by atoms with Gasteiger partial charge in [0.25, 0.3) is 0 Å². The molecule has 8 rings (SSSR count). The first kappa shape index (κ1) is 23.2. The normalized spacial score (nSPS) is 41.3. The summed E-state index contributed by atoms with van der Waals surface area (Å²) in [4.78, 5) is 4.26. The maximum absolute atomic E-state index is 12.4. The Kier molecular flexibility index (Phi) is 4.67. The van der Waals surface area contributed by atoms with Gasteiger partial charge in [0.15, 0.2) is 5.79 Å². The Morgan fingerprint density at radius 2 is 1.97 bits per heavy atom. The van der Waals surface area contributed by atoms with Crippen molar-refractivity contribution in [2.24, 2.45) is 11.3 Å². The third kappa shape index (κ3) is 2.98. The van der Waals surface area contributed by atoms with E-state index in [1.165, 1.54) is 11.1 Å². The molecule has 2 bridgehead atoms. The predicted molar refractivity (Wildman–Crippen MR) is 141 cm³/mol. The van der Waals surface area contributed by atoms with Crippen LogP contribution in [0.2, 0.25) is 5.15 Å². The smallest absolute Gasteiger partial charge is 0.171 e. The molecule has 5 nitrogen and oxygen atoms in total. The van der Waals surface area contributed by atoms with Crippen LogP contribution in [0.1, 0.15) is 63.9 Å². The summed E-state index contributed by atoms with van der Waals surface area (Å²) < 4.78 is 19.6. The minimum absolute atomic E-state index is 0.270. The van der Waals surface area contributed by atoms with Gasteiger partial charge in [-0.25, -0.2) is 4.98 Å². The second-order valence-corrected chi connectivity index (χ2v) is 13.0. The maximum Gasteiger partial charge on any atom is 0.171 e. The Balaban J connectivity index is 1.15. The molecule has 3 aliphatic carbocycles. The topological polar surface area (TPSA) is 60.8 Å². The van der Waals surface area contributed by atoms with Gasteiger partial charge >= 0.3 is 0 Å². The van der Waals surface area contributed by atoms with E-state index in [9.17, 15) is 5.11 Å². The van der Waals surface area contributed by atoms with Crippen LogP contribution < -0.4 is 0 Å². The van der Waals surface area contributed by atoms with Gasteiger partial charge in [-0.15, -0.1) is 0 Å². The van der Waals surface area contributed by atoms with Gasteiger partial charge < -0.3 is 19.3 Å². The number of aliphatic hydroxyl groups is 1. The van der Waals surface area contributed by atoms with Crippen LogP contribution in [-0.2, 0) is 20.6 Å². The molecule has 4 fully saturated rings. The summed E-state index contributed by atoms with van der Waals surface area (Å²) in [6.07, 6.45) is 14.5. The molecule has 6 aliphatic rings. The number of hydrogen-bond donors (Lipinski definition) is 1. The lowest BCUT2D eigenvalue weighted by Gasteiger charge is -2.56. The molecule has 3 spiro atoms.